The van der Waals surface area contributed by atoms with Gasteiger partial charge in [-0.2, -0.15) is 0 Å². The zero-order valence-electron chi connectivity index (χ0n) is 14.8. The summed E-state index contributed by atoms with van der Waals surface area (Å²) in [5.74, 6) is 0.515. The van der Waals surface area contributed by atoms with Crippen molar-refractivity contribution in [2.24, 2.45) is 0 Å². The first-order valence-corrected chi connectivity index (χ1v) is 9.01. The lowest BCUT2D eigenvalue weighted by atomic mass is 9.96. The number of nitrogens with one attached hydrogen (secondary N) is 1. The fourth-order valence-corrected chi connectivity index (χ4v) is 3.51. The second-order valence-electron chi connectivity index (χ2n) is 6.71. The Bertz CT molecular complexity index is 753. The predicted octanol–water partition coefficient (Wildman–Crippen LogP) is 4.59. The molecule has 2 aromatic heterocycles. The molecular weight excluding hydrogens is 336 g/mol. The number of rotatable bonds is 3. The van der Waals surface area contributed by atoms with Crippen LogP contribution in [0.3, 0.4) is 0 Å². The van der Waals surface area contributed by atoms with Crippen molar-refractivity contribution in [1.29, 1.82) is 0 Å². The number of carbonyl (C=O) groups is 1. The van der Waals surface area contributed by atoms with Gasteiger partial charge in [-0.25, -0.2) is 4.98 Å². The SMILES string of the molecule is Cc1ccc(Nc2ncc(C(=O)N3C(C)CCCC3C)cc2Cl)cn1. The fourth-order valence-electron chi connectivity index (χ4n) is 3.30. The Morgan fingerprint density at radius 1 is 1.20 bits per heavy atom. The number of aryl methyl sites for hydroxylation is 1. The van der Waals surface area contributed by atoms with Crippen LogP contribution in [0, 0.1) is 6.92 Å². The Hall–Kier alpha value is -2.14. The van der Waals surface area contributed by atoms with Crippen molar-refractivity contribution in [2.75, 3.05) is 5.32 Å². The van der Waals surface area contributed by atoms with E-state index in [2.05, 4.69) is 29.1 Å². The first-order chi connectivity index (χ1) is 12.0. The van der Waals surface area contributed by atoms with Crippen LogP contribution in [-0.2, 0) is 0 Å². The monoisotopic (exact) mass is 358 g/mol. The van der Waals surface area contributed by atoms with Gasteiger partial charge in [-0.15, -0.1) is 0 Å². The van der Waals surface area contributed by atoms with E-state index >= 15 is 0 Å². The molecule has 6 heteroatoms. The lowest BCUT2D eigenvalue weighted by Crippen LogP contribution is -2.47. The van der Waals surface area contributed by atoms with Gasteiger partial charge in [0.2, 0.25) is 0 Å². The lowest BCUT2D eigenvalue weighted by Gasteiger charge is -2.39. The topological polar surface area (TPSA) is 58.1 Å². The van der Waals surface area contributed by atoms with Crippen LogP contribution in [0.1, 0.15) is 49.2 Å². The molecule has 2 unspecified atom stereocenters. The van der Waals surface area contributed by atoms with E-state index in [1.54, 1.807) is 18.5 Å². The van der Waals surface area contributed by atoms with E-state index in [0.717, 1.165) is 24.2 Å². The summed E-state index contributed by atoms with van der Waals surface area (Å²) in [5, 5.41) is 3.55. The Morgan fingerprint density at radius 3 is 2.52 bits per heavy atom. The minimum atomic E-state index is -0.00217. The van der Waals surface area contributed by atoms with Gasteiger partial charge in [-0.1, -0.05) is 11.6 Å². The first kappa shape index (κ1) is 17.7. The number of pyridine rings is 2. The normalized spacial score (nSPS) is 20.4. The Kier molecular flexibility index (Phi) is 5.23. The molecule has 1 N–H and O–H groups in total. The van der Waals surface area contributed by atoms with E-state index in [-0.39, 0.29) is 18.0 Å². The van der Waals surface area contributed by atoms with Crippen LogP contribution in [0.25, 0.3) is 0 Å². The summed E-state index contributed by atoms with van der Waals surface area (Å²) in [5.41, 5.74) is 2.27. The largest absolute Gasteiger partial charge is 0.338 e. The van der Waals surface area contributed by atoms with Crippen LogP contribution in [0.4, 0.5) is 11.5 Å². The van der Waals surface area contributed by atoms with Gasteiger partial charge in [-0.3, -0.25) is 9.78 Å². The zero-order chi connectivity index (χ0) is 18.0. The number of hydrogen-bond acceptors (Lipinski definition) is 4. The van der Waals surface area contributed by atoms with Crippen molar-refractivity contribution in [3.63, 3.8) is 0 Å². The van der Waals surface area contributed by atoms with Gasteiger partial charge in [0.05, 0.1) is 22.5 Å². The molecule has 25 heavy (non-hydrogen) atoms. The molecular formula is C19H23ClN4O. The molecule has 1 fully saturated rings. The summed E-state index contributed by atoms with van der Waals surface area (Å²) in [6, 6.07) is 6.00. The molecule has 1 amide bonds. The molecule has 0 bridgehead atoms. The Labute approximate surface area is 153 Å². The molecule has 1 aliphatic heterocycles. The van der Waals surface area contributed by atoms with E-state index in [0.29, 0.717) is 16.4 Å². The number of amides is 1. The summed E-state index contributed by atoms with van der Waals surface area (Å²) in [6.07, 6.45) is 6.56. The van der Waals surface area contributed by atoms with E-state index < -0.39 is 0 Å². The lowest BCUT2D eigenvalue weighted by molar-refractivity contribution is 0.0510. The van der Waals surface area contributed by atoms with Crippen molar-refractivity contribution < 1.29 is 4.79 Å². The Morgan fingerprint density at radius 2 is 1.92 bits per heavy atom. The van der Waals surface area contributed by atoms with Crippen molar-refractivity contribution in [3.8, 4) is 0 Å². The van der Waals surface area contributed by atoms with Crippen LogP contribution < -0.4 is 5.32 Å². The average molecular weight is 359 g/mol. The van der Waals surface area contributed by atoms with E-state index in [9.17, 15) is 4.79 Å². The molecule has 0 aliphatic carbocycles. The van der Waals surface area contributed by atoms with Gasteiger partial charge in [-0.05, 0) is 58.2 Å². The molecule has 3 rings (SSSR count). The number of aromatic nitrogens is 2. The first-order valence-electron chi connectivity index (χ1n) is 8.63. The molecule has 132 valence electrons. The van der Waals surface area contributed by atoms with Crippen LogP contribution in [-0.4, -0.2) is 32.9 Å². The van der Waals surface area contributed by atoms with Crippen molar-refractivity contribution >= 4 is 29.0 Å². The number of piperidine rings is 1. The summed E-state index contributed by atoms with van der Waals surface area (Å²) in [4.78, 5) is 23.4. The van der Waals surface area contributed by atoms with Gasteiger partial charge in [0.1, 0.15) is 5.82 Å². The number of hydrogen-bond donors (Lipinski definition) is 1. The number of halogens is 1. The molecule has 5 nitrogen and oxygen atoms in total. The average Bonchev–Trinajstić information content (AvgIpc) is 2.58. The van der Waals surface area contributed by atoms with Crippen LogP contribution in [0.2, 0.25) is 5.02 Å². The maximum Gasteiger partial charge on any atom is 0.255 e. The predicted molar refractivity (Wildman–Crippen MR) is 100 cm³/mol. The summed E-state index contributed by atoms with van der Waals surface area (Å²) in [6.45, 7) is 6.13. The van der Waals surface area contributed by atoms with Gasteiger partial charge in [0.25, 0.3) is 5.91 Å². The number of likely N-dealkylation sites (tertiary alicyclic amines) is 1. The minimum absolute atomic E-state index is 0.00217. The second-order valence-corrected chi connectivity index (χ2v) is 7.12. The standard InChI is InChI=1S/C19H23ClN4O/c1-12-7-8-16(11-21-12)23-18-17(20)9-15(10-22-18)19(25)24-13(2)5-4-6-14(24)3/h7-11,13-14H,4-6H2,1-3H3,(H,22,23). The fraction of sp³-hybridized carbons (Fsp3) is 0.421. The summed E-state index contributed by atoms with van der Waals surface area (Å²) >= 11 is 6.35. The van der Waals surface area contributed by atoms with Crippen molar-refractivity contribution in [2.45, 2.75) is 52.1 Å². The van der Waals surface area contributed by atoms with Crippen molar-refractivity contribution in [3.05, 3.63) is 46.9 Å². The van der Waals surface area contributed by atoms with Gasteiger partial charge >= 0.3 is 0 Å². The van der Waals surface area contributed by atoms with Gasteiger partial charge < -0.3 is 10.2 Å². The molecule has 1 aliphatic rings. The smallest absolute Gasteiger partial charge is 0.255 e. The number of anilines is 2. The maximum atomic E-state index is 12.9. The molecule has 0 saturated carbocycles. The molecule has 1 saturated heterocycles. The third kappa shape index (κ3) is 3.93. The van der Waals surface area contributed by atoms with Gasteiger partial charge in [0, 0.05) is 24.0 Å². The van der Waals surface area contributed by atoms with Crippen LogP contribution in [0.5, 0.6) is 0 Å². The quantitative estimate of drug-likeness (QED) is 0.872. The molecule has 0 radical (unpaired) electrons. The minimum Gasteiger partial charge on any atom is -0.338 e. The van der Waals surface area contributed by atoms with E-state index in [4.69, 9.17) is 11.6 Å². The van der Waals surface area contributed by atoms with E-state index in [1.807, 2.05) is 24.0 Å². The molecule has 2 atom stereocenters. The third-order valence-electron chi connectivity index (χ3n) is 4.69. The van der Waals surface area contributed by atoms with Gasteiger partial charge in [0.15, 0.2) is 0 Å². The summed E-state index contributed by atoms with van der Waals surface area (Å²) < 4.78 is 0. The highest BCUT2D eigenvalue weighted by Crippen LogP contribution is 2.28. The van der Waals surface area contributed by atoms with Crippen LogP contribution in [0.15, 0.2) is 30.6 Å². The highest BCUT2D eigenvalue weighted by Gasteiger charge is 2.30. The molecule has 0 aromatic carbocycles. The second kappa shape index (κ2) is 7.40. The molecule has 0 spiro atoms. The van der Waals surface area contributed by atoms with Crippen molar-refractivity contribution in [1.82, 2.24) is 14.9 Å². The number of nitrogens with zero attached hydrogens (tertiary/aromatic N) is 3. The maximum absolute atomic E-state index is 12.9. The molecule has 2 aromatic rings. The van der Waals surface area contributed by atoms with Crippen LogP contribution >= 0.6 is 11.6 Å². The number of carbonyl (C=O) groups excluding carboxylic acids is 1. The highest BCUT2D eigenvalue weighted by atomic mass is 35.5. The third-order valence-corrected chi connectivity index (χ3v) is 4.98. The highest BCUT2D eigenvalue weighted by molar-refractivity contribution is 6.33. The Balaban J connectivity index is 1.79. The van der Waals surface area contributed by atoms with E-state index in [1.165, 1.54) is 6.42 Å². The summed E-state index contributed by atoms with van der Waals surface area (Å²) in [7, 11) is 0. The molecule has 3 heterocycles. The zero-order valence-corrected chi connectivity index (χ0v) is 15.5.